The molecule has 0 saturated heterocycles. The lowest BCUT2D eigenvalue weighted by atomic mass is 9.97. The van der Waals surface area contributed by atoms with Gasteiger partial charge in [-0.05, 0) is 73.8 Å². The zero-order valence-electron chi connectivity index (χ0n) is 13.1. The van der Waals surface area contributed by atoms with Gasteiger partial charge in [0.25, 0.3) is 0 Å². The van der Waals surface area contributed by atoms with Gasteiger partial charge in [0.1, 0.15) is 0 Å². The molecule has 0 unspecified atom stereocenters. The van der Waals surface area contributed by atoms with Crippen LogP contribution in [-0.2, 0) is 12.8 Å². The molecule has 0 atom stereocenters. The molecule has 122 valence electrons. The SMILES string of the molecule is CC(Cc1ccc(CC(C)(N=C=S)N=C=S)cc1)(N=C=S)N=C=S. The maximum atomic E-state index is 4.67. The summed E-state index contributed by atoms with van der Waals surface area (Å²) in [4.78, 5) is 16.3. The molecule has 0 radical (unpaired) electrons. The van der Waals surface area contributed by atoms with Gasteiger partial charge in [0.2, 0.25) is 0 Å². The first-order valence-electron chi connectivity index (χ1n) is 6.84. The number of isothiocyanates is 4. The Bertz CT molecular complexity index is 674. The normalized spacial score (nSPS) is 14.4. The van der Waals surface area contributed by atoms with E-state index >= 15 is 0 Å². The van der Waals surface area contributed by atoms with Gasteiger partial charge < -0.3 is 0 Å². The first-order valence-corrected chi connectivity index (χ1v) is 8.47. The van der Waals surface area contributed by atoms with Crippen LogP contribution < -0.4 is 0 Å². The highest BCUT2D eigenvalue weighted by atomic mass is 32.1. The second-order valence-electron chi connectivity index (χ2n) is 5.42. The molecule has 1 rings (SSSR count). The van der Waals surface area contributed by atoms with Crippen molar-refractivity contribution in [2.24, 2.45) is 20.0 Å². The van der Waals surface area contributed by atoms with Crippen molar-refractivity contribution in [3.63, 3.8) is 0 Å². The predicted octanol–water partition coefficient (Wildman–Crippen LogP) is 4.62. The Morgan fingerprint density at radius 3 is 1.12 bits per heavy atom. The summed E-state index contributed by atoms with van der Waals surface area (Å²) in [6, 6.07) is 7.92. The standard InChI is InChI=1S/C16H14N4S4/c1-15(17-9-21,18-10-22)7-13-3-5-14(6-4-13)8-16(2,19-11-23)20-12-24/h3-6H,7-8H2,1-2H3. The number of rotatable bonds is 8. The fraction of sp³-hybridized carbons (Fsp3) is 0.375. The van der Waals surface area contributed by atoms with E-state index in [1.54, 1.807) is 0 Å². The Kier molecular flexibility index (Phi) is 8.23. The molecular weight excluding hydrogens is 376 g/mol. The highest BCUT2D eigenvalue weighted by Crippen LogP contribution is 2.22. The smallest absolute Gasteiger partial charge is 0.171 e. The van der Waals surface area contributed by atoms with Crippen molar-refractivity contribution < 1.29 is 0 Å². The quantitative estimate of drug-likeness (QED) is 0.480. The lowest BCUT2D eigenvalue weighted by Crippen LogP contribution is -2.23. The molecule has 0 aliphatic carbocycles. The third kappa shape index (κ3) is 6.50. The maximum absolute atomic E-state index is 4.67. The fourth-order valence-corrected chi connectivity index (χ4v) is 2.94. The topological polar surface area (TPSA) is 49.4 Å². The van der Waals surface area contributed by atoms with Crippen molar-refractivity contribution in [2.75, 3.05) is 0 Å². The molecule has 0 aliphatic heterocycles. The van der Waals surface area contributed by atoms with E-state index in [0.29, 0.717) is 12.8 Å². The molecule has 0 heterocycles. The lowest BCUT2D eigenvalue weighted by Gasteiger charge is -2.19. The van der Waals surface area contributed by atoms with Crippen molar-refractivity contribution in [1.82, 2.24) is 0 Å². The molecule has 0 aromatic heterocycles. The number of thiocarbonyl (C=S) groups is 4. The molecule has 0 N–H and O–H groups in total. The summed E-state index contributed by atoms with van der Waals surface area (Å²) in [5, 5.41) is 9.42. The van der Waals surface area contributed by atoms with Gasteiger partial charge in [0.05, 0.1) is 20.6 Å². The molecule has 8 heteroatoms. The van der Waals surface area contributed by atoms with Crippen LogP contribution in [0.15, 0.2) is 44.2 Å². The van der Waals surface area contributed by atoms with Gasteiger partial charge in [-0.15, -0.1) is 0 Å². The van der Waals surface area contributed by atoms with E-state index in [4.69, 9.17) is 0 Å². The zero-order valence-corrected chi connectivity index (χ0v) is 16.4. The van der Waals surface area contributed by atoms with Crippen LogP contribution in [0.5, 0.6) is 0 Å². The van der Waals surface area contributed by atoms with Gasteiger partial charge in [0, 0.05) is 12.8 Å². The zero-order chi connectivity index (χ0) is 18.1. The Hall–Kier alpha value is -1.58. The van der Waals surface area contributed by atoms with Crippen LogP contribution in [0.2, 0.25) is 0 Å². The molecule has 0 fully saturated rings. The largest absolute Gasteiger partial charge is 0.201 e. The third-order valence-corrected chi connectivity index (χ3v) is 3.61. The monoisotopic (exact) mass is 390 g/mol. The van der Waals surface area contributed by atoms with Crippen molar-refractivity contribution in [2.45, 2.75) is 38.0 Å². The first kappa shape index (κ1) is 20.5. The van der Waals surface area contributed by atoms with Crippen LogP contribution in [0.3, 0.4) is 0 Å². The van der Waals surface area contributed by atoms with E-state index in [9.17, 15) is 0 Å². The molecule has 0 aliphatic rings. The molecule has 24 heavy (non-hydrogen) atoms. The summed E-state index contributed by atoms with van der Waals surface area (Å²) < 4.78 is 0. The van der Waals surface area contributed by atoms with Crippen LogP contribution in [-0.4, -0.2) is 32.0 Å². The van der Waals surface area contributed by atoms with Crippen LogP contribution in [0, 0.1) is 0 Å². The van der Waals surface area contributed by atoms with Crippen molar-refractivity contribution >= 4 is 69.5 Å². The number of benzene rings is 1. The Balaban J connectivity index is 3.00. The molecule has 0 spiro atoms. The summed E-state index contributed by atoms with van der Waals surface area (Å²) in [6.07, 6.45) is 1.07. The second-order valence-corrected chi connectivity index (χ2v) is 6.15. The predicted molar refractivity (Wildman–Crippen MR) is 111 cm³/mol. The summed E-state index contributed by atoms with van der Waals surface area (Å²) in [5.41, 5.74) is 0.482. The van der Waals surface area contributed by atoms with Crippen LogP contribution in [0.1, 0.15) is 25.0 Å². The lowest BCUT2D eigenvalue weighted by molar-refractivity contribution is 0.497. The van der Waals surface area contributed by atoms with E-state index in [2.05, 4.69) is 89.5 Å². The molecule has 1 aromatic rings. The Morgan fingerprint density at radius 1 is 0.667 bits per heavy atom. The van der Waals surface area contributed by atoms with Gasteiger partial charge >= 0.3 is 0 Å². The van der Waals surface area contributed by atoms with E-state index in [1.807, 2.05) is 38.1 Å². The summed E-state index contributed by atoms with van der Waals surface area (Å²) >= 11 is 18.7. The van der Waals surface area contributed by atoms with Gasteiger partial charge in [0.15, 0.2) is 11.3 Å². The summed E-state index contributed by atoms with van der Waals surface area (Å²) in [7, 11) is 0. The van der Waals surface area contributed by atoms with Gasteiger partial charge in [-0.2, -0.15) is 0 Å². The van der Waals surface area contributed by atoms with Crippen molar-refractivity contribution in [3.8, 4) is 0 Å². The fourth-order valence-electron chi connectivity index (χ4n) is 2.15. The minimum Gasteiger partial charge on any atom is -0.201 e. The maximum Gasteiger partial charge on any atom is 0.171 e. The average Bonchev–Trinajstić information content (AvgIpc) is 2.50. The molecule has 0 saturated carbocycles. The molecule has 1 aromatic carbocycles. The summed E-state index contributed by atoms with van der Waals surface area (Å²) in [6.45, 7) is 3.64. The average molecular weight is 391 g/mol. The minimum atomic E-state index is -0.789. The highest BCUT2D eigenvalue weighted by molar-refractivity contribution is 7.78. The highest BCUT2D eigenvalue weighted by Gasteiger charge is 2.24. The number of hydrogen-bond donors (Lipinski definition) is 0. The minimum absolute atomic E-state index is 0.536. The third-order valence-electron chi connectivity index (χ3n) is 3.25. The van der Waals surface area contributed by atoms with E-state index in [0.717, 1.165) is 11.1 Å². The second kappa shape index (κ2) is 9.65. The van der Waals surface area contributed by atoms with Gasteiger partial charge in [-0.3, -0.25) is 0 Å². The van der Waals surface area contributed by atoms with Gasteiger partial charge in [-0.25, -0.2) is 20.0 Å². The van der Waals surface area contributed by atoms with Crippen LogP contribution in [0.25, 0.3) is 0 Å². The molecule has 4 nitrogen and oxygen atoms in total. The first-order chi connectivity index (χ1) is 11.4. The molecule has 0 bridgehead atoms. The van der Waals surface area contributed by atoms with Crippen molar-refractivity contribution in [3.05, 3.63) is 35.4 Å². The van der Waals surface area contributed by atoms with Crippen LogP contribution >= 0.6 is 48.9 Å². The van der Waals surface area contributed by atoms with Gasteiger partial charge in [-0.1, -0.05) is 24.3 Å². The Labute approximate surface area is 162 Å². The van der Waals surface area contributed by atoms with Crippen LogP contribution in [0.4, 0.5) is 0 Å². The molecular formula is C16H14N4S4. The number of aliphatic imine (C=N–C) groups is 4. The van der Waals surface area contributed by atoms with Crippen molar-refractivity contribution in [1.29, 1.82) is 0 Å². The van der Waals surface area contributed by atoms with E-state index in [1.165, 1.54) is 0 Å². The number of nitrogens with zero attached hydrogens (tertiary/aromatic N) is 4. The Morgan fingerprint density at radius 2 is 0.917 bits per heavy atom. The summed E-state index contributed by atoms with van der Waals surface area (Å²) in [5.74, 6) is 0. The van der Waals surface area contributed by atoms with E-state index < -0.39 is 11.3 Å². The molecule has 0 amide bonds. The number of hydrogen-bond acceptors (Lipinski definition) is 8. The van der Waals surface area contributed by atoms with E-state index in [-0.39, 0.29) is 0 Å².